The average molecular weight is 250 g/mol. The van der Waals surface area contributed by atoms with E-state index in [1.165, 1.54) is 4.70 Å². The van der Waals surface area contributed by atoms with Gasteiger partial charge in [0.15, 0.2) is 0 Å². The van der Waals surface area contributed by atoms with Gasteiger partial charge < -0.3 is 10.4 Å². The number of hydrogen-bond donors (Lipinski definition) is 2. The predicted molar refractivity (Wildman–Crippen MR) is 72.3 cm³/mol. The Hall–Kier alpha value is -0.970. The first-order valence-corrected chi connectivity index (χ1v) is 6.75. The molecule has 1 heterocycles. The Morgan fingerprint density at radius 1 is 1.35 bits per heavy atom. The molecule has 2 atom stereocenters. The summed E-state index contributed by atoms with van der Waals surface area (Å²) in [6.07, 6.45) is 0.528. The number of benzene rings is 1. The lowest BCUT2D eigenvalue weighted by Crippen LogP contribution is -2.22. The summed E-state index contributed by atoms with van der Waals surface area (Å²) >= 11 is 1.73. The summed E-state index contributed by atoms with van der Waals surface area (Å²) in [5.41, 5.74) is 1.07. The van der Waals surface area contributed by atoms with Crippen molar-refractivity contribution in [2.24, 2.45) is 0 Å². The fourth-order valence-electron chi connectivity index (χ4n) is 1.67. The maximum atomic E-state index is 9.20. The summed E-state index contributed by atoms with van der Waals surface area (Å²) in [5.74, 6) is 0. The van der Waals surface area contributed by atoms with Gasteiger partial charge in [-0.1, -0.05) is 12.1 Å². The highest BCUT2D eigenvalue weighted by Gasteiger charge is 2.10. The van der Waals surface area contributed by atoms with Crippen LogP contribution in [0, 0.1) is 0 Å². The molecule has 0 amide bonds. The Morgan fingerprint density at radius 3 is 2.82 bits per heavy atom. The first-order chi connectivity index (χ1) is 8.16. The van der Waals surface area contributed by atoms with Crippen LogP contribution < -0.4 is 5.32 Å². The van der Waals surface area contributed by atoms with E-state index >= 15 is 0 Å². The molecule has 2 rings (SSSR count). The van der Waals surface area contributed by atoms with Crippen molar-refractivity contribution in [1.29, 1.82) is 0 Å². The van der Waals surface area contributed by atoms with Crippen molar-refractivity contribution in [3.8, 4) is 0 Å². The second-order valence-electron chi connectivity index (χ2n) is 4.33. The van der Waals surface area contributed by atoms with Crippen LogP contribution in [0.1, 0.15) is 31.3 Å². The molecule has 0 fully saturated rings. The maximum Gasteiger partial charge on any atom is 0.111 e. The number of thiazole rings is 1. The Kier molecular flexibility index (Phi) is 4.10. The second-order valence-corrected chi connectivity index (χ2v) is 5.40. The molecule has 2 N–H and O–H groups in total. The number of hydrogen-bond acceptors (Lipinski definition) is 4. The normalized spacial score (nSPS) is 15.0. The van der Waals surface area contributed by atoms with Gasteiger partial charge in [-0.3, -0.25) is 0 Å². The molecule has 1 aromatic carbocycles. The Morgan fingerprint density at radius 2 is 2.12 bits per heavy atom. The van der Waals surface area contributed by atoms with Crippen molar-refractivity contribution >= 4 is 21.6 Å². The van der Waals surface area contributed by atoms with Crippen LogP contribution in [0.5, 0.6) is 0 Å². The fraction of sp³-hybridized carbons (Fsp3) is 0.462. The van der Waals surface area contributed by atoms with Crippen LogP contribution in [-0.4, -0.2) is 22.7 Å². The number of nitrogens with zero attached hydrogens (tertiary/aromatic N) is 1. The van der Waals surface area contributed by atoms with E-state index in [9.17, 15) is 5.11 Å². The summed E-state index contributed by atoms with van der Waals surface area (Å²) in [7, 11) is 0. The quantitative estimate of drug-likeness (QED) is 0.857. The Labute approximate surface area is 106 Å². The molecular formula is C13H18N2OS. The predicted octanol–water partition coefficient (Wildman–Crippen LogP) is 2.72. The van der Waals surface area contributed by atoms with Crippen molar-refractivity contribution in [2.45, 2.75) is 32.4 Å². The minimum Gasteiger partial charge on any atom is -0.393 e. The molecule has 0 saturated heterocycles. The molecule has 1 aromatic heterocycles. The summed E-state index contributed by atoms with van der Waals surface area (Å²) < 4.78 is 1.23. The Bertz CT molecular complexity index is 448. The highest BCUT2D eigenvalue weighted by Crippen LogP contribution is 2.25. The molecule has 3 nitrogen and oxygen atoms in total. The molecule has 0 aliphatic heterocycles. The van der Waals surface area contributed by atoms with E-state index in [0.29, 0.717) is 0 Å². The molecule has 0 bridgehead atoms. The third kappa shape index (κ3) is 3.25. The largest absolute Gasteiger partial charge is 0.393 e. The average Bonchev–Trinajstić information content (AvgIpc) is 2.71. The van der Waals surface area contributed by atoms with Crippen LogP contribution in [0.25, 0.3) is 10.2 Å². The summed E-state index contributed by atoms with van der Waals surface area (Å²) in [4.78, 5) is 4.60. The molecule has 0 radical (unpaired) electrons. The Balaban J connectivity index is 2.01. The van der Waals surface area contributed by atoms with Gasteiger partial charge >= 0.3 is 0 Å². The van der Waals surface area contributed by atoms with E-state index in [-0.39, 0.29) is 12.1 Å². The third-order valence-corrected chi connectivity index (χ3v) is 3.91. The number of rotatable bonds is 5. The van der Waals surface area contributed by atoms with Crippen molar-refractivity contribution in [2.75, 3.05) is 6.54 Å². The molecule has 2 unspecified atom stereocenters. The van der Waals surface area contributed by atoms with E-state index in [0.717, 1.165) is 23.5 Å². The lowest BCUT2D eigenvalue weighted by Gasteiger charge is -2.11. The van der Waals surface area contributed by atoms with Crippen LogP contribution in [0.15, 0.2) is 24.3 Å². The van der Waals surface area contributed by atoms with E-state index in [1.54, 1.807) is 11.3 Å². The van der Waals surface area contributed by atoms with E-state index in [2.05, 4.69) is 23.3 Å². The van der Waals surface area contributed by atoms with Crippen LogP contribution in [0.4, 0.5) is 0 Å². The number of para-hydroxylation sites is 1. The fourth-order valence-corrected chi connectivity index (χ4v) is 2.67. The maximum absolute atomic E-state index is 9.20. The summed E-state index contributed by atoms with van der Waals surface area (Å²) in [5, 5.41) is 13.7. The van der Waals surface area contributed by atoms with E-state index in [1.807, 2.05) is 25.1 Å². The number of aliphatic hydroxyl groups is 1. The highest BCUT2D eigenvalue weighted by atomic mass is 32.1. The number of aromatic nitrogens is 1. The minimum absolute atomic E-state index is 0.242. The van der Waals surface area contributed by atoms with Gasteiger partial charge in [0.25, 0.3) is 0 Å². The molecule has 0 aliphatic carbocycles. The number of aliphatic hydroxyl groups excluding tert-OH is 1. The molecule has 2 aromatic rings. The molecule has 0 spiro atoms. The lowest BCUT2D eigenvalue weighted by atomic mass is 10.2. The summed E-state index contributed by atoms with van der Waals surface area (Å²) in [6, 6.07) is 8.43. The minimum atomic E-state index is -0.245. The SMILES string of the molecule is CC(O)CCNC(C)c1nc2ccccc2s1. The van der Waals surface area contributed by atoms with Crippen molar-refractivity contribution in [3.05, 3.63) is 29.3 Å². The molecule has 17 heavy (non-hydrogen) atoms. The van der Waals surface area contributed by atoms with Gasteiger partial charge in [-0.15, -0.1) is 11.3 Å². The van der Waals surface area contributed by atoms with Gasteiger partial charge in [-0.05, 0) is 38.9 Å². The molecule has 0 aliphatic rings. The lowest BCUT2D eigenvalue weighted by molar-refractivity contribution is 0.182. The third-order valence-electron chi connectivity index (χ3n) is 2.69. The van der Waals surface area contributed by atoms with Gasteiger partial charge in [-0.2, -0.15) is 0 Å². The smallest absolute Gasteiger partial charge is 0.111 e. The van der Waals surface area contributed by atoms with Gasteiger partial charge in [0.2, 0.25) is 0 Å². The van der Waals surface area contributed by atoms with Gasteiger partial charge in [0, 0.05) is 0 Å². The van der Waals surface area contributed by atoms with Crippen molar-refractivity contribution < 1.29 is 5.11 Å². The van der Waals surface area contributed by atoms with Crippen molar-refractivity contribution in [3.63, 3.8) is 0 Å². The first kappa shape index (κ1) is 12.5. The molecule has 0 saturated carbocycles. The summed E-state index contributed by atoms with van der Waals surface area (Å²) in [6.45, 7) is 4.73. The van der Waals surface area contributed by atoms with Crippen LogP contribution >= 0.6 is 11.3 Å². The zero-order chi connectivity index (χ0) is 12.3. The van der Waals surface area contributed by atoms with Crippen LogP contribution in [0.2, 0.25) is 0 Å². The zero-order valence-electron chi connectivity index (χ0n) is 10.2. The van der Waals surface area contributed by atoms with Gasteiger partial charge in [0.1, 0.15) is 5.01 Å². The van der Waals surface area contributed by atoms with Crippen LogP contribution in [-0.2, 0) is 0 Å². The molecule has 92 valence electrons. The van der Waals surface area contributed by atoms with Gasteiger partial charge in [0.05, 0.1) is 22.4 Å². The van der Waals surface area contributed by atoms with Crippen molar-refractivity contribution in [1.82, 2.24) is 10.3 Å². The first-order valence-electron chi connectivity index (χ1n) is 5.93. The molecule has 4 heteroatoms. The highest BCUT2D eigenvalue weighted by molar-refractivity contribution is 7.18. The van der Waals surface area contributed by atoms with E-state index in [4.69, 9.17) is 0 Å². The monoisotopic (exact) mass is 250 g/mol. The topological polar surface area (TPSA) is 45.1 Å². The van der Waals surface area contributed by atoms with Crippen LogP contribution in [0.3, 0.4) is 0 Å². The van der Waals surface area contributed by atoms with Gasteiger partial charge in [-0.25, -0.2) is 4.98 Å². The van der Waals surface area contributed by atoms with E-state index < -0.39 is 0 Å². The zero-order valence-corrected chi connectivity index (χ0v) is 11.0. The standard InChI is InChI=1S/C13H18N2OS/c1-9(16)7-8-14-10(2)13-15-11-5-3-4-6-12(11)17-13/h3-6,9-10,14,16H,7-8H2,1-2H3. The molecular weight excluding hydrogens is 232 g/mol. The number of fused-ring (bicyclic) bond motifs is 1. The second kappa shape index (κ2) is 5.58. The number of nitrogens with one attached hydrogen (secondary N) is 1.